The van der Waals surface area contributed by atoms with Crippen LogP contribution >= 0.6 is 0 Å². The van der Waals surface area contributed by atoms with Gasteiger partial charge in [0.1, 0.15) is 18.0 Å². The van der Waals surface area contributed by atoms with Crippen molar-refractivity contribution in [3.8, 4) is 5.75 Å². The summed E-state index contributed by atoms with van der Waals surface area (Å²) in [5.41, 5.74) is -0.781. The Kier molecular flexibility index (Phi) is 7.31. The summed E-state index contributed by atoms with van der Waals surface area (Å²) < 4.78 is 48.5. The molecule has 0 aliphatic heterocycles. The minimum Gasteiger partial charge on any atom is -0.492 e. The molecule has 0 aliphatic rings. The monoisotopic (exact) mass is 424 g/mol. The van der Waals surface area contributed by atoms with Crippen LogP contribution in [0.4, 0.5) is 23.7 Å². The van der Waals surface area contributed by atoms with Gasteiger partial charge < -0.3 is 14.8 Å². The highest BCUT2D eigenvalue weighted by molar-refractivity contribution is 5.96. The van der Waals surface area contributed by atoms with Crippen molar-refractivity contribution >= 4 is 17.7 Å². The smallest absolute Gasteiger partial charge is 0.416 e. The van der Waals surface area contributed by atoms with Crippen LogP contribution in [0.5, 0.6) is 5.75 Å². The fourth-order valence-electron chi connectivity index (χ4n) is 2.36. The Morgan fingerprint density at radius 3 is 2.37 bits per heavy atom. The van der Waals surface area contributed by atoms with Gasteiger partial charge in [-0.25, -0.2) is 4.79 Å². The molecule has 0 unspecified atom stereocenters. The highest BCUT2D eigenvalue weighted by Gasteiger charge is 2.30. The number of alkyl halides is 3. The zero-order valence-electron chi connectivity index (χ0n) is 16.8. The largest absolute Gasteiger partial charge is 0.492 e. The van der Waals surface area contributed by atoms with Crippen LogP contribution in [0.25, 0.3) is 0 Å². The molecule has 0 atom stereocenters. The molecule has 0 saturated carbocycles. The number of ether oxygens (including phenoxy) is 2. The molecule has 9 heteroatoms. The molecule has 2 amide bonds. The quantitative estimate of drug-likeness (QED) is 0.650. The van der Waals surface area contributed by atoms with Crippen molar-refractivity contribution in [2.75, 3.05) is 18.5 Å². The van der Waals surface area contributed by atoms with Crippen LogP contribution in [-0.2, 0) is 10.9 Å². The maximum Gasteiger partial charge on any atom is 0.416 e. The zero-order valence-corrected chi connectivity index (χ0v) is 16.8. The Hall–Kier alpha value is -3.23. The maximum absolute atomic E-state index is 12.7. The van der Waals surface area contributed by atoms with Crippen molar-refractivity contribution in [2.24, 2.45) is 0 Å². The molecule has 0 saturated heterocycles. The van der Waals surface area contributed by atoms with Crippen LogP contribution < -0.4 is 15.4 Å². The second kappa shape index (κ2) is 9.51. The van der Waals surface area contributed by atoms with Crippen LogP contribution in [0.3, 0.4) is 0 Å². The molecule has 0 spiro atoms. The van der Waals surface area contributed by atoms with E-state index in [1.54, 1.807) is 39.0 Å². The second-order valence-electron chi connectivity index (χ2n) is 7.34. The third-order valence-electron chi connectivity index (χ3n) is 3.59. The molecule has 0 aromatic heterocycles. The van der Waals surface area contributed by atoms with Gasteiger partial charge >= 0.3 is 12.3 Å². The molecule has 0 heterocycles. The fourth-order valence-corrected chi connectivity index (χ4v) is 2.36. The van der Waals surface area contributed by atoms with Gasteiger partial charge in [-0.05, 0) is 57.2 Å². The van der Waals surface area contributed by atoms with Crippen LogP contribution in [-0.4, -0.2) is 30.8 Å². The predicted molar refractivity (Wildman–Crippen MR) is 106 cm³/mol. The van der Waals surface area contributed by atoms with Crippen LogP contribution in [0, 0.1) is 0 Å². The molecule has 2 rings (SSSR count). The molecule has 2 aromatic carbocycles. The second-order valence-corrected chi connectivity index (χ2v) is 7.34. The van der Waals surface area contributed by atoms with Gasteiger partial charge in [0, 0.05) is 11.3 Å². The lowest BCUT2D eigenvalue weighted by atomic mass is 10.2. The highest BCUT2D eigenvalue weighted by Crippen LogP contribution is 2.31. The fraction of sp³-hybridized carbons (Fsp3) is 0.333. The standard InChI is InChI=1S/C21H23F3N2O4/c1-20(2,3)30-19(28)26-16-8-4-6-14(12-16)18(27)25-10-11-29-17-9-5-7-15(13-17)21(22,23)24/h4-9,12-13H,10-11H2,1-3H3,(H,25,27)(H,26,28). The molecule has 0 fully saturated rings. The zero-order chi connectivity index (χ0) is 22.4. The highest BCUT2D eigenvalue weighted by atomic mass is 19.4. The predicted octanol–water partition coefficient (Wildman–Crippen LogP) is 4.86. The molecule has 0 bridgehead atoms. The van der Waals surface area contributed by atoms with E-state index in [-0.39, 0.29) is 18.9 Å². The molecule has 0 aliphatic carbocycles. The van der Waals surface area contributed by atoms with Gasteiger partial charge in [-0.15, -0.1) is 0 Å². The normalized spacial score (nSPS) is 11.5. The van der Waals surface area contributed by atoms with E-state index in [9.17, 15) is 22.8 Å². The van der Waals surface area contributed by atoms with Gasteiger partial charge in [0.2, 0.25) is 0 Å². The van der Waals surface area contributed by atoms with E-state index in [1.165, 1.54) is 18.2 Å². The molecular formula is C21H23F3N2O4. The summed E-state index contributed by atoms with van der Waals surface area (Å²) in [5.74, 6) is -0.363. The van der Waals surface area contributed by atoms with E-state index in [4.69, 9.17) is 9.47 Å². The average molecular weight is 424 g/mol. The summed E-state index contributed by atoms with van der Waals surface area (Å²) in [5, 5.41) is 5.14. The number of carbonyl (C=O) groups is 2. The van der Waals surface area contributed by atoms with Crippen molar-refractivity contribution in [1.82, 2.24) is 5.32 Å². The molecular weight excluding hydrogens is 401 g/mol. The summed E-state index contributed by atoms with van der Waals surface area (Å²) in [7, 11) is 0. The maximum atomic E-state index is 12.7. The van der Waals surface area contributed by atoms with E-state index in [1.807, 2.05) is 0 Å². The number of anilines is 1. The summed E-state index contributed by atoms with van der Waals surface area (Å²) in [6.07, 6.45) is -5.10. The summed E-state index contributed by atoms with van der Waals surface area (Å²) in [6.45, 7) is 5.27. The lowest BCUT2D eigenvalue weighted by Crippen LogP contribution is -2.29. The SMILES string of the molecule is CC(C)(C)OC(=O)Nc1cccc(C(=O)NCCOc2cccc(C(F)(F)F)c2)c1. The summed E-state index contributed by atoms with van der Waals surface area (Å²) in [6, 6.07) is 10.7. The molecule has 6 nitrogen and oxygen atoms in total. The number of carbonyl (C=O) groups excluding carboxylic acids is 2. The number of halogens is 3. The number of hydrogen-bond donors (Lipinski definition) is 2. The summed E-state index contributed by atoms with van der Waals surface area (Å²) in [4.78, 5) is 24.1. The van der Waals surface area contributed by atoms with Crippen molar-refractivity contribution in [1.29, 1.82) is 0 Å². The van der Waals surface area contributed by atoms with E-state index < -0.39 is 29.3 Å². The number of amides is 2. The van der Waals surface area contributed by atoms with Gasteiger partial charge in [-0.2, -0.15) is 13.2 Å². The first-order valence-electron chi connectivity index (χ1n) is 9.12. The first-order chi connectivity index (χ1) is 13.9. The first-order valence-corrected chi connectivity index (χ1v) is 9.12. The number of nitrogens with one attached hydrogen (secondary N) is 2. The topological polar surface area (TPSA) is 76.7 Å². The van der Waals surface area contributed by atoms with Gasteiger partial charge in [0.25, 0.3) is 5.91 Å². The van der Waals surface area contributed by atoms with Crippen LogP contribution in [0.15, 0.2) is 48.5 Å². The molecule has 2 N–H and O–H groups in total. The number of benzene rings is 2. The van der Waals surface area contributed by atoms with Crippen LogP contribution in [0.1, 0.15) is 36.7 Å². The van der Waals surface area contributed by atoms with E-state index >= 15 is 0 Å². The van der Waals surface area contributed by atoms with Crippen molar-refractivity contribution in [2.45, 2.75) is 32.5 Å². The number of rotatable bonds is 6. The molecule has 30 heavy (non-hydrogen) atoms. The Morgan fingerprint density at radius 2 is 1.70 bits per heavy atom. The molecule has 0 radical (unpaired) electrons. The third-order valence-corrected chi connectivity index (χ3v) is 3.59. The lowest BCUT2D eigenvalue weighted by molar-refractivity contribution is -0.137. The first kappa shape index (κ1) is 23.1. The van der Waals surface area contributed by atoms with E-state index in [0.29, 0.717) is 11.3 Å². The van der Waals surface area contributed by atoms with Gasteiger partial charge in [0.15, 0.2) is 0 Å². The van der Waals surface area contributed by atoms with Gasteiger partial charge in [-0.1, -0.05) is 12.1 Å². The van der Waals surface area contributed by atoms with Crippen molar-refractivity contribution in [3.05, 3.63) is 59.7 Å². The Morgan fingerprint density at radius 1 is 1.00 bits per heavy atom. The van der Waals surface area contributed by atoms with Gasteiger partial charge in [-0.3, -0.25) is 10.1 Å². The molecule has 162 valence electrons. The van der Waals surface area contributed by atoms with Crippen molar-refractivity contribution < 1.29 is 32.2 Å². The lowest BCUT2D eigenvalue weighted by Gasteiger charge is -2.19. The van der Waals surface area contributed by atoms with Crippen LogP contribution in [0.2, 0.25) is 0 Å². The minimum atomic E-state index is -4.45. The van der Waals surface area contributed by atoms with E-state index in [2.05, 4.69) is 10.6 Å². The Balaban J connectivity index is 1.85. The molecule has 2 aromatic rings. The average Bonchev–Trinajstić information content (AvgIpc) is 2.63. The minimum absolute atomic E-state index is 0.0110. The third kappa shape index (κ3) is 7.65. The Bertz CT molecular complexity index is 892. The number of hydrogen-bond acceptors (Lipinski definition) is 4. The summed E-state index contributed by atoms with van der Waals surface area (Å²) >= 11 is 0. The van der Waals surface area contributed by atoms with Gasteiger partial charge in [0.05, 0.1) is 12.1 Å². The van der Waals surface area contributed by atoms with Crippen molar-refractivity contribution in [3.63, 3.8) is 0 Å². The van der Waals surface area contributed by atoms with E-state index in [0.717, 1.165) is 12.1 Å². The Labute approximate surface area is 172 Å².